The quantitative estimate of drug-likeness (QED) is 0.706. The van der Waals surface area contributed by atoms with Crippen molar-refractivity contribution >= 4 is 11.9 Å². The fourth-order valence-corrected chi connectivity index (χ4v) is 2.40. The van der Waals surface area contributed by atoms with Gasteiger partial charge in [-0.25, -0.2) is 0 Å². The molecule has 0 radical (unpaired) electrons. The molecule has 5 heteroatoms. The number of carboxylic acid groups (broad SMARTS) is 1. The molecule has 1 saturated heterocycles. The minimum atomic E-state index is -0.756. The molecule has 0 spiro atoms. The number of nitrogens with one attached hydrogen (secondary N) is 1. The lowest BCUT2D eigenvalue weighted by molar-refractivity contribution is -0.137. The standard InChI is InChI=1S/C14H25NO4/c1-10(2)11(5-6-13(16)17)7-8-15-14(18)12-4-3-9-19-12/h10-12H,3-9H2,1-2H3,(H,15,18)(H,16,17)/t11?,12-/m0/s1. The maximum atomic E-state index is 11.7. The summed E-state index contributed by atoms with van der Waals surface area (Å²) in [7, 11) is 0. The Hall–Kier alpha value is -1.10. The zero-order valence-corrected chi connectivity index (χ0v) is 11.9. The van der Waals surface area contributed by atoms with Crippen molar-refractivity contribution in [3.05, 3.63) is 0 Å². The molecule has 0 aromatic rings. The van der Waals surface area contributed by atoms with Gasteiger partial charge in [-0.1, -0.05) is 13.8 Å². The molecule has 1 aliphatic heterocycles. The predicted molar refractivity (Wildman–Crippen MR) is 71.8 cm³/mol. The molecule has 2 N–H and O–H groups in total. The molecule has 1 aliphatic rings. The summed E-state index contributed by atoms with van der Waals surface area (Å²) in [6, 6.07) is 0. The molecule has 1 unspecified atom stereocenters. The number of amides is 1. The number of ether oxygens (including phenoxy) is 1. The van der Waals surface area contributed by atoms with Gasteiger partial charge in [-0.05, 0) is 37.5 Å². The number of carbonyl (C=O) groups excluding carboxylic acids is 1. The first-order chi connectivity index (χ1) is 9.00. The largest absolute Gasteiger partial charge is 0.481 e. The highest BCUT2D eigenvalue weighted by atomic mass is 16.5. The molecule has 0 bridgehead atoms. The molecular weight excluding hydrogens is 246 g/mol. The van der Waals surface area contributed by atoms with Gasteiger partial charge in [0.25, 0.3) is 0 Å². The van der Waals surface area contributed by atoms with E-state index >= 15 is 0 Å². The molecule has 0 saturated carbocycles. The van der Waals surface area contributed by atoms with Crippen LogP contribution >= 0.6 is 0 Å². The summed E-state index contributed by atoms with van der Waals surface area (Å²) in [5.41, 5.74) is 0. The molecule has 1 heterocycles. The Labute approximate surface area is 114 Å². The number of rotatable bonds is 8. The van der Waals surface area contributed by atoms with E-state index in [4.69, 9.17) is 9.84 Å². The maximum Gasteiger partial charge on any atom is 0.303 e. The monoisotopic (exact) mass is 271 g/mol. The third-order valence-electron chi connectivity index (χ3n) is 3.71. The van der Waals surface area contributed by atoms with Gasteiger partial charge in [-0.2, -0.15) is 0 Å². The van der Waals surface area contributed by atoms with Gasteiger partial charge >= 0.3 is 5.97 Å². The molecule has 19 heavy (non-hydrogen) atoms. The van der Waals surface area contributed by atoms with E-state index in [0.29, 0.717) is 31.4 Å². The normalized spacial score (nSPS) is 20.5. The van der Waals surface area contributed by atoms with Gasteiger partial charge in [-0.15, -0.1) is 0 Å². The number of carboxylic acids is 1. The topological polar surface area (TPSA) is 75.6 Å². The van der Waals surface area contributed by atoms with Crippen LogP contribution in [-0.4, -0.2) is 36.2 Å². The van der Waals surface area contributed by atoms with Crippen LogP contribution in [0.2, 0.25) is 0 Å². The van der Waals surface area contributed by atoms with E-state index in [0.717, 1.165) is 19.3 Å². The van der Waals surface area contributed by atoms with E-state index in [-0.39, 0.29) is 18.4 Å². The lowest BCUT2D eigenvalue weighted by Gasteiger charge is -2.20. The van der Waals surface area contributed by atoms with E-state index in [2.05, 4.69) is 19.2 Å². The van der Waals surface area contributed by atoms with Gasteiger partial charge in [-0.3, -0.25) is 9.59 Å². The van der Waals surface area contributed by atoms with E-state index < -0.39 is 5.97 Å². The summed E-state index contributed by atoms with van der Waals surface area (Å²) in [6.45, 7) is 5.45. The highest BCUT2D eigenvalue weighted by Crippen LogP contribution is 2.20. The SMILES string of the molecule is CC(C)C(CCNC(=O)[C@@H]1CCCO1)CCC(=O)O. The van der Waals surface area contributed by atoms with E-state index in [9.17, 15) is 9.59 Å². The zero-order chi connectivity index (χ0) is 14.3. The van der Waals surface area contributed by atoms with Crippen LogP contribution in [0.3, 0.4) is 0 Å². The van der Waals surface area contributed by atoms with Crippen LogP contribution in [0.25, 0.3) is 0 Å². The summed E-state index contributed by atoms with van der Waals surface area (Å²) >= 11 is 0. The second-order valence-electron chi connectivity index (χ2n) is 5.52. The Bertz CT molecular complexity index is 298. The average molecular weight is 271 g/mol. The van der Waals surface area contributed by atoms with Crippen molar-refractivity contribution in [2.24, 2.45) is 11.8 Å². The molecular formula is C14H25NO4. The summed E-state index contributed by atoms with van der Waals surface area (Å²) < 4.78 is 5.31. The van der Waals surface area contributed by atoms with Crippen LogP contribution in [0.1, 0.15) is 46.0 Å². The van der Waals surface area contributed by atoms with Gasteiger partial charge in [0.15, 0.2) is 0 Å². The summed E-state index contributed by atoms with van der Waals surface area (Å²) in [4.78, 5) is 22.3. The van der Waals surface area contributed by atoms with Crippen LogP contribution in [0.15, 0.2) is 0 Å². The first-order valence-corrected chi connectivity index (χ1v) is 7.11. The third kappa shape index (κ3) is 6.05. The lowest BCUT2D eigenvalue weighted by atomic mass is 9.88. The minimum absolute atomic E-state index is 0.0294. The fraction of sp³-hybridized carbons (Fsp3) is 0.857. The number of hydrogen-bond acceptors (Lipinski definition) is 3. The Morgan fingerprint density at radius 3 is 2.63 bits per heavy atom. The summed E-state index contributed by atoms with van der Waals surface area (Å²) in [6.07, 6.45) is 3.16. The van der Waals surface area contributed by atoms with Crippen LogP contribution < -0.4 is 5.32 Å². The van der Waals surface area contributed by atoms with Crippen molar-refractivity contribution in [3.63, 3.8) is 0 Å². The molecule has 110 valence electrons. The van der Waals surface area contributed by atoms with Crippen molar-refractivity contribution in [1.29, 1.82) is 0 Å². The van der Waals surface area contributed by atoms with Gasteiger partial charge in [0, 0.05) is 19.6 Å². The predicted octanol–water partition coefficient (Wildman–Crippen LogP) is 1.81. The van der Waals surface area contributed by atoms with Gasteiger partial charge in [0.2, 0.25) is 5.91 Å². The average Bonchev–Trinajstić information content (AvgIpc) is 2.86. The van der Waals surface area contributed by atoms with Crippen LogP contribution in [0.4, 0.5) is 0 Å². The first kappa shape index (κ1) is 16.0. The molecule has 0 aromatic heterocycles. The van der Waals surface area contributed by atoms with Gasteiger partial charge in [0.1, 0.15) is 6.10 Å². The molecule has 0 aromatic carbocycles. The van der Waals surface area contributed by atoms with Crippen LogP contribution in [-0.2, 0) is 14.3 Å². The molecule has 1 rings (SSSR count). The number of carbonyl (C=O) groups is 2. The van der Waals surface area contributed by atoms with Crippen molar-refractivity contribution in [3.8, 4) is 0 Å². The molecule has 5 nitrogen and oxygen atoms in total. The first-order valence-electron chi connectivity index (χ1n) is 7.11. The second-order valence-corrected chi connectivity index (χ2v) is 5.52. The van der Waals surface area contributed by atoms with Crippen LogP contribution in [0.5, 0.6) is 0 Å². The number of hydrogen-bond donors (Lipinski definition) is 2. The van der Waals surface area contributed by atoms with Crippen molar-refractivity contribution in [2.45, 2.75) is 52.1 Å². The Kier molecular flexibility index (Phi) is 6.84. The number of aliphatic carboxylic acids is 1. The Morgan fingerprint density at radius 1 is 1.37 bits per heavy atom. The van der Waals surface area contributed by atoms with Gasteiger partial charge in [0.05, 0.1) is 0 Å². The van der Waals surface area contributed by atoms with Crippen molar-refractivity contribution in [1.82, 2.24) is 5.32 Å². The fourth-order valence-electron chi connectivity index (χ4n) is 2.40. The third-order valence-corrected chi connectivity index (χ3v) is 3.71. The lowest BCUT2D eigenvalue weighted by Crippen LogP contribution is -2.35. The molecule has 0 aliphatic carbocycles. The van der Waals surface area contributed by atoms with E-state index in [1.165, 1.54) is 0 Å². The highest BCUT2D eigenvalue weighted by molar-refractivity contribution is 5.80. The summed E-state index contributed by atoms with van der Waals surface area (Å²) in [5, 5.41) is 11.6. The smallest absolute Gasteiger partial charge is 0.303 e. The van der Waals surface area contributed by atoms with E-state index in [1.807, 2.05) is 0 Å². The summed E-state index contributed by atoms with van der Waals surface area (Å²) in [5.74, 6) is -0.0211. The Balaban J connectivity index is 2.23. The maximum absolute atomic E-state index is 11.7. The van der Waals surface area contributed by atoms with E-state index in [1.54, 1.807) is 0 Å². The second kappa shape index (κ2) is 8.15. The van der Waals surface area contributed by atoms with Gasteiger partial charge < -0.3 is 15.2 Å². The molecule has 2 atom stereocenters. The Morgan fingerprint density at radius 2 is 2.11 bits per heavy atom. The minimum Gasteiger partial charge on any atom is -0.481 e. The van der Waals surface area contributed by atoms with Crippen molar-refractivity contribution < 1.29 is 19.4 Å². The zero-order valence-electron chi connectivity index (χ0n) is 11.9. The van der Waals surface area contributed by atoms with Crippen molar-refractivity contribution in [2.75, 3.05) is 13.2 Å². The molecule has 1 fully saturated rings. The highest BCUT2D eigenvalue weighted by Gasteiger charge is 2.23. The van der Waals surface area contributed by atoms with Crippen LogP contribution in [0, 0.1) is 11.8 Å². The molecule has 1 amide bonds.